The number of benzene rings is 1. The van der Waals surface area contributed by atoms with Crippen LogP contribution in [0.4, 0.5) is 4.39 Å². The third-order valence-electron chi connectivity index (χ3n) is 2.42. The first-order chi connectivity index (χ1) is 10.0. The zero-order chi connectivity index (χ0) is 15.2. The number of rotatable bonds is 6. The van der Waals surface area contributed by atoms with E-state index in [1.807, 2.05) is 0 Å². The van der Waals surface area contributed by atoms with Crippen molar-refractivity contribution in [2.45, 2.75) is 19.3 Å². The Kier molecular flexibility index (Phi) is 5.75. The molecule has 1 aromatic carbocycles. The highest BCUT2D eigenvalue weighted by atomic mass is 79.9. The number of aryl methyl sites for hydroxylation is 1. The normalized spacial score (nSPS) is 10.6. The van der Waals surface area contributed by atoms with E-state index in [2.05, 4.69) is 26.1 Å². The van der Waals surface area contributed by atoms with Crippen molar-refractivity contribution in [1.82, 2.24) is 10.2 Å². The Morgan fingerprint density at radius 1 is 1.48 bits per heavy atom. The Hall–Kier alpha value is -1.41. The number of esters is 1. The number of hydrogen-bond acceptors (Lipinski definition) is 6. The van der Waals surface area contributed by atoms with Gasteiger partial charge in [-0.25, -0.2) is 4.39 Å². The van der Waals surface area contributed by atoms with Crippen molar-refractivity contribution in [3.8, 4) is 0 Å². The van der Waals surface area contributed by atoms with Crippen LogP contribution in [0.5, 0.6) is 0 Å². The summed E-state index contributed by atoms with van der Waals surface area (Å²) in [5.74, 6) is 0.488. The lowest BCUT2D eigenvalue weighted by Crippen LogP contribution is -2.07. The summed E-state index contributed by atoms with van der Waals surface area (Å²) < 4.78 is 24.3. The van der Waals surface area contributed by atoms with E-state index in [1.165, 1.54) is 17.8 Å². The van der Waals surface area contributed by atoms with E-state index in [1.54, 1.807) is 19.1 Å². The van der Waals surface area contributed by atoms with Crippen LogP contribution in [0.2, 0.25) is 0 Å². The maximum Gasteiger partial charge on any atom is 0.316 e. The zero-order valence-corrected chi connectivity index (χ0v) is 13.5. The second-order valence-corrected chi connectivity index (χ2v) is 6.01. The molecule has 21 heavy (non-hydrogen) atoms. The maximum absolute atomic E-state index is 13.6. The second-order valence-electron chi connectivity index (χ2n) is 4.10. The first-order valence-corrected chi connectivity index (χ1v) is 7.95. The molecule has 0 aliphatic rings. The molecular formula is C13H12BrFN2O3S. The van der Waals surface area contributed by atoms with Crippen LogP contribution < -0.4 is 0 Å². The summed E-state index contributed by atoms with van der Waals surface area (Å²) in [6.45, 7) is 1.60. The van der Waals surface area contributed by atoms with E-state index in [9.17, 15) is 9.18 Å². The number of nitrogens with zero attached hydrogens (tertiary/aromatic N) is 2. The van der Waals surface area contributed by atoms with Crippen molar-refractivity contribution < 1.29 is 18.3 Å². The van der Waals surface area contributed by atoms with Gasteiger partial charge < -0.3 is 9.15 Å². The molecule has 0 aliphatic heterocycles. The van der Waals surface area contributed by atoms with Gasteiger partial charge in [-0.1, -0.05) is 22.0 Å². The van der Waals surface area contributed by atoms with E-state index in [-0.39, 0.29) is 24.1 Å². The van der Waals surface area contributed by atoms with Gasteiger partial charge in [0.2, 0.25) is 5.89 Å². The minimum absolute atomic E-state index is 0.0487. The molecule has 112 valence electrons. The van der Waals surface area contributed by atoms with Gasteiger partial charge in [-0.2, -0.15) is 0 Å². The molecule has 0 aliphatic carbocycles. The summed E-state index contributed by atoms with van der Waals surface area (Å²) in [5.41, 5.74) is 0.545. The van der Waals surface area contributed by atoms with Crippen molar-refractivity contribution in [1.29, 1.82) is 0 Å². The fraction of sp³-hybridized carbons (Fsp3) is 0.308. The van der Waals surface area contributed by atoms with E-state index in [0.29, 0.717) is 21.7 Å². The van der Waals surface area contributed by atoms with Crippen molar-refractivity contribution in [3.63, 3.8) is 0 Å². The standard InChI is InChI=1S/C13H12BrFN2O3S/c1-8-16-17-12(20-8)5-19-13(18)7-21-6-9-2-3-10(14)4-11(9)15/h2-4H,5-7H2,1H3. The molecule has 0 radical (unpaired) electrons. The summed E-state index contributed by atoms with van der Waals surface area (Å²) in [6.07, 6.45) is 0. The number of thioether (sulfide) groups is 1. The monoisotopic (exact) mass is 374 g/mol. The lowest BCUT2D eigenvalue weighted by molar-refractivity contribution is -0.142. The molecule has 0 saturated carbocycles. The molecular weight excluding hydrogens is 363 g/mol. The molecule has 0 spiro atoms. The summed E-state index contributed by atoms with van der Waals surface area (Å²) in [4.78, 5) is 11.5. The lowest BCUT2D eigenvalue weighted by Gasteiger charge is -2.04. The number of halogens is 2. The molecule has 0 amide bonds. The summed E-state index contributed by atoms with van der Waals surface area (Å²) >= 11 is 4.47. The molecule has 0 saturated heterocycles. The molecule has 0 atom stereocenters. The highest BCUT2D eigenvalue weighted by Crippen LogP contribution is 2.20. The molecule has 0 N–H and O–H groups in total. The Morgan fingerprint density at radius 2 is 2.29 bits per heavy atom. The van der Waals surface area contributed by atoms with Crippen molar-refractivity contribution >= 4 is 33.7 Å². The number of carbonyl (C=O) groups excluding carboxylic acids is 1. The van der Waals surface area contributed by atoms with Gasteiger partial charge in [0.15, 0.2) is 6.61 Å². The Morgan fingerprint density at radius 3 is 2.95 bits per heavy atom. The van der Waals surface area contributed by atoms with Crippen molar-refractivity contribution in [2.75, 3.05) is 5.75 Å². The van der Waals surface area contributed by atoms with Crippen LogP contribution in [-0.4, -0.2) is 21.9 Å². The van der Waals surface area contributed by atoms with Crippen LogP contribution >= 0.6 is 27.7 Å². The topological polar surface area (TPSA) is 65.2 Å². The lowest BCUT2D eigenvalue weighted by atomic mass is 10.2. The molecule has 0 bridgehead atoms. The summed E-state index contributed by atoms with van der Waals surface area (Å²) in [5, 5.41) is 7.34. The SMILES string of the molecule is Cc1nnc(COC(=O)CSCc2ccc(Br)cc2F)o1. The van der Waals surface area contributed by atoms with Gasteiger partial charge >= 0.3 is 5.97 Å². The first-order valence-electron chi connectivity index (χ1n) is 6.01. The predicted octanol–water partition coefficient (Wildman–Crippen LogP) is 3.26. The van der Waals surface area contributed by atoms with Crippen LogP contribution in [0.25, 0.3) is 0 Å². The van der Waals surface area contributed by atoms with E-state index in [4.69, 9.17) is 9.15 Å². The molecule has 1 aromatic heterocycles. The maximum atomic E-state index is 13.6. The van der Waals surface area contributed by atoms with E-state index >= 15 is 0 Å². The Balaban J connectivity index is 1.71. The number of carbonyl (C=O) groups is 1. The van der Waals surface area contributed by atoms with Gasteiger partial charge in [0.25, 0.3) is 5.89 Å². The smallest absolute Gasteiger partial charge is 0.316 e. The van der Waals surface area contributed by atoms with Crippen LogP contribution in [0.15, 0.2) is 27.1 Å². The van der Waals surface area contributed by atoms with Gasteiger partial charge in [-0.3, -0.25) is 4.79 Å². The van der Waals surface area contributed by atoms with Gasteiger partial charge in [0, 0.05) is 17.1 Å². The molecule has 5 nitrogen and oxygen atoms in total. The Bertz CT molecular complexity index is 636. The molecule has 0 unspecified atom stereocenters. The summed E-state index contributed by atoms with van der Waals surface area (Å²) in [6, 6.07) is 4.83. The molecule has 2 aromatic rings. The average Bonchev–Trinajstić information content (AvgIpc) is 2.85. The minimum Gasteiger partial charge on any atom is -0.455 e. The third-order valence-corrected chi connectivity index (χ3v) is 3.87. The fourth-order valence-electron chi connectivity index (χ4n) is 1.46. The van der Waals surface area contributed by atoms with Gasteiger partial charge in [0.1, 0.15) is 5.82 Å². The van der Waals surface area contributed by atoms with E-state index in [0.717, 1.165) is 0 Å². The largest absolute Gasteiger partial charge is 0.455 e. The van der Waals surface area contributed by atoms with E-state index < -0.39 is 5.97 Å². The quantitative estimate of drug-likeness (QED) is 0.723. The Labute approximate surface area is 133 Å². The van der Waals surface area contributed by atoms with Crippen LogP contribution in [-0.2, 0) is 21.9 Å². The molecule has 2 rings (SSSR count). The van der Waals surface area contributed by atoms with Gasteiger partial charge in [-0.05, 0) is 17.7 Å². The van der Waals surface area contributed by atoms with Crippen LogP contribution in [0.1, 0.15) is 17.3 Å². The molecule has 8 heteroatoms. The predicted molar refractivity (Wildman–Crippen MR) is 79.1 cm³/mol. The fourth-order valence-corrected chi connectivity index (χ4v) is 2.60. The van der Waals surface area contributed by atoms with Gasteiger partial charge in [0.05, 0.1) is 5.75 Å². The highest BCUT2D eigenvalue weighted by Gasteiger charge is 2.09. The van der Waals surface area contributed by atoms with Crippen molar-refractivity contribution in [2.24, 2.45) is 0 Å². The molecule has 0 fully saturated rings. The third kappa shape index (κ3) is 5.13. The van der Waals surface area contributed by atoms with Crippen LogP contribution in [0, 0.1) is 12.7 Å². The second kappa shape index (κ2) is 7.56. The molecule has 1 heterocycles. The number of ether oxygens (including phenoxy) is 1. The van der Waals surface area contributed by atoms with Gasteiger partial charge in [-0.15, -0.1) is 22.0 Å². The average molecular weight is 375 g/mol. The summed E-state index contributed by atoms with van der Waals surface area (Å²) in [7, 11) is 0. The van der Waals surface area contributed by atoms with Crippen molar-refractivity contribution in [3.05, 3.63) is 45.8 Å². The number of aromatic nitrogens is 2. The minimum atomic E-state index is -0.409. The number of hydrogen-bond donors (Lipinski definition) is 0. The van der Waals surface area contributed by atoms with Crippen LogP contribution in [0.3, 0.4) is 0 Å². The highest BCUT2D eigenvalue weighted by molar-refractivity contribution is 9.10. The first kappa shape index (κ1) is 16.0. The zero-order valence-electron chi connectivity index (χ0n) is 11.1.